The van der Waals surface area contributed by atoms with Gasteiger partial charge in [0.05, 0.1) is 9.79 Å². The fraction of sp³-hybridized carbons (Fsp3) is 0.571. The molecule has 0 saturated carbocycles. The Bertz CT molecular complexity index is 678. The summed E-state index contributed by atoms with van der Waals surface area (Å²) >= 11 is 0. The quantitative estimate of drug-likeness (QED) is 0.760. The molecule has 1 N–H and O–H groups in total. The molecular formula is C14H24N2O4S2. The summed E-state index contributed by atoms with van der Waals surface area (Å²) in [5.41, 5.74) is 0. The van der Waals surface area contributed by atoms with Crippen molar-refractivity contribution in [1.82, 2.24) is 9.62 Å². The second-order valence-electron chi connectivity index (χ2n) is 5.17. The monoisotopic (exact) mass is 348 g/mol. The minimum atomic E-state index is -3.64. The normalized spacial score (nSPS) is 14.2. The zero-order chi connectivity index (χ0) is 17.0. The van der Waals surface area contributed by atoms with Crippen LogP contribution in [0.1, 0.15) is 20.8 Å². The third-order valence-corrected chi connectivity index (χ3v) is 6.13. The molecule has 0 aliphatic rings. The third-order valence-electron chi connectivity index (χ3n) is 3.57. The van der Waals surface area contributed by atoms with Crippen LogP contribution >= 0.6 is 0 Å². The van der Waals surface area contributed by atoms with Gasteiger partial charge in [-0.2, -0.15) is 0 Å². The number of hydrogen-bond acceptors (Lipinski definition) is 5. The van der Waals surface area contributed by atoms with Crippen LogP contribution in [0.4, 0.5) is 0 Å². The van der Waals surface area contributed by atoms with Crippen LogP contribution < -0.4 is 4.72 Å². The Labute approximate surface area is 133 Å². The Balaban J connectivity index is 2.83. The fourth-order valence-corrected chi connectivity index (χ4v) is 3.91. The summed E-state index contributed by atoms with van der Waals surface area (Å²) in [4.78, 5) is 2.31. The molecule has 0 radical (unpaired) electrons. The first kappa shape index (κ1) is 19.1. The smallest absolute Gasteiger partial charge is 0.240 e. The van der Waals surface area contributed by atoms with Crippen LogP contribution in [0.2, 0.25) is 0 Å². The molecule has 1 atom stereocenters. The van der Waals surface area contributed by atoms with Gasteiger partial charge in [-0.15, -0.1) is 0 Å². The average Bonchev–Trinajstić information content (AvgIpc) is 2.46. The Morgan fingerprint density at radius 3 is 1.86 bits per heavy atom. The predicted octanol–water partition coefficient (Wildman–Crippen LogP) is 1.10. The van der Waals surface area contributed by atoms with E-state index in [0.29, 0.717) is 6.54 Å². The van der Waals surface area contributed by atoms with Crippen LogP contribution in [0.3, 0.4) is 0 Å². The lowest BCUT2D eigenvalue weighted by Crippen LogP contribution is -2.41. The maximum absolute atomic E-state index is 12.2. The molecule has 0 aromatic heterocycles. The van der Waals surface area contributed by atoms with Gasteiger partial charge in [-0.25, -0.2) is 21.6 Å². The van der Waals surface area contributed by atoms with Crippen molar-refractivity contribution < 1.29 is 16.8 Å². The van der Waals surface area contributed by atoms with Gasteiger partial charge in [-0.3, -0.25) is 4.90 Å². The van der Waals surface area contributed by atoms with Crippen molar-refractivity contribution in [3.05, 3.63) is 24.3 Å². The molecule has 6 nitrogen and oxygen atoms in total. The van der Waals surface area contributed by atoms with Gasteiger partial charge in [0.2, 0.25) is 10.0 Å². The summed E-state index contributed by atoms with van der Waals surface area (Å²) in [7, 11) is -6.97. The summed E-state index contributed by atoms with van der Waals surface area (Å²) in [6.07, 6.45) is 1.08. The molecule has 0 amide bonds. The van der Waals surface area contributed by atoms with Gasteiger partial charge in [0.15, 0.2) is 9.84 Å². The Kier molecular flexibility index (Phi) is 6.54. The zero-order valence-electron chi connectivity index (χ0n) is 13.4. The van der Waals surface area contributed by atoms with Gasteiger partial charge in [-0.05, 0) is 44.3 Å². The van der Waals surface area contributed by atoms with Crippen molar-refractivity contribution in [2.75, 3.05) is 25.9 Å². The van der Waals surface area contributed by atoms with Crippen molar-refractivity contribution in [3.63, 3.8) is 0 Å². The first-order valence-electron chi connectivity index (χ1n) is 7.15. The number of nitrogens with one attached hydrogen (secondary N) is 1. The van der Waals surface area contributed by atoms with Crippen molar-refractivity contribution in [2.24, 2.45) is 0 Å². The van der Waals surface area contributed by atoms with Crippen LogP contribution in [-0.2, 0) is 19.9 Å². The molecule has 1 aromatic rings. The largest absolute Gasteiger partial charge is 0.300 e. The molecule has 0 spiro atoms. The van der Waals surface area contributed by atoms with E-state index in [1.165, 1.54) is 24.3 Å². The minimum Gasteiger partial charge on any atom is -0.300 e. The maximum atomic E-state index is 12.2. The maximum Gasteiger partial charge on any atom is 0.240 e. The van der Waals surface area contributed by atoms with E-state index in [4.69, 9.17) is 0 Å². The lowest BCUT2D eigenvalue weighted by molar-refractivity contribution is 0.232. The van der Waals surface area contributed by atoms with Gasteiger partial charge in [0.25, 0.3) is 0 Å². The van der Waals surface area contributed by atoms with E-state index in [1.807, 2.05) is 20.8 Å². The molecule has 0 aliphatic carbocycles. The number of likely N-dealkylation sites (N-methyl/N-ethyl adjacent to an activating group) is 1. The van der Waals surface area contributed by atoms with Crippen LogP contribution in [0.5, 0.6) is 0 Å². The lowest BCUT2D eigenvalue weighted by atomic mass is 10.3. The van der Waals surface area contributed by atoms with Gasteiger partial charge in [0.1, 0.15) is 0 Å². The van der Waals surface area contributed by atoms with E-state index in [1.54, 1.807) is 0 Å². The molecule has 0 unspecified atom stereocenters. The van der Waals surface area contributed by atoms with Gasteiger partial charge >= 0.3 is 0 Å². The van der Waals surface area contributed by atoms with E-state index in [0.717, 1.165) is 19.3 Å². The molecule has 0 bridgehead atoms. The van der Waals surface area contributed by atoms with Gasteiger partial charge < -0.3 is 0 Å². The van der Waals surface area contributed by atoms with Crippen LogP contribution in [0, 0.1) is 0 Å². The first-order chi connectivity index (χ1) is 10.1. The molecular weight excluding hydrogens is 324 g/mol. The summed E-state index contributed by atoms with van der Waals surface area (Å²) in [6.45, 7) is 8.02. The number of benzene rings is 1. The minimum absolute atomic E-state index is 0.0617. The highest BCUT2D eigenvalue weighted by atomic mass is 32.2. The van der Waals surface area contributed by atoms with E-state index in [9.17, 15) is 16.8 Å². The number of nitrogens with zero attached hydrogens (tertiary/aromatic N) is 1. The Morgan fingerprint density at radius 2 is 1.45 bits per heavy atom. The Hall–Kier alpha value is -0.960. The number of rotatable bonds is 8. The molecule has 22 heavy (non-hydrogen) atoms. The van der Waals surface area contributed by atoms with Crippen molar-refractivity contribution in [3.8, 4) is 0 Å². The molecule has 1 aromatic carbocycles. The van der Waals surface area contributed by atoms with E-state index in [2.05, 4.69) is 9.62 Å². The average molecular weight is 348 g/mol. The Morgan fingerprint density at radius 1 is 1.00 bits per heavy atom. The zero-order valence-corrected chi connectivity index (χ0v) is 15.0. The van der Waals surface area contributed by atoms with Gasteiger partial charge in [0, 0.05) is 18.8 Å². The summed E-state index contributed by atoms with van der Waals surface area (Å²) < 4.78 is 49.8. The highest BCUT2D eigenvalue weighted by Crippen LogP contribution is 2.14. The summed E-state index contributed by atoms with van der Waals surface area (Å²) in [6, 6.07) is 5.30. The predicted molar refractivity (Wildman–Crippen MR) is 87.1 cm³/mol. The molecule has 0 aliphatic heterocycles. The summed E-state index contributed by atoms with van der Waals surface area (Å²) in [5.74, 6) is 0. The molecule has 0 fully saturated rings. The number of hydrogen-bond donors (Lipinski definition) is 1. The van der Waals surface area contributed by atoms with Crippen LogP contribution in [0.15, 0.2) is 34.1 Å². The van der Waals surface area contributed by atoms with E-state index < -0.39 is 19.9 Å². The van der Waals surface area contributed by atoms with Gasteiger partial charge in [-0.1, -0.05) is 13.8 Å². The number of sulfone groups is 1. The topological polar surface area (TPSA) is 83.6 Å². The molecule has 8 heteroatoms. The highest BCUT2D eigenvalue weighted by molar-refractivity contribution is 7.90. The highest BCUT2D eigenvalue weighted by Gasteiger charge is 2.18. The fourth-order valence-electron chi connectivity index (χ4n) is 2.16. The second kappa shape index (κ2) is 7.54. The number of sulfonamides is 1. The SMILES string of the molecule is CCN(CC)[C@H](C)CNS(=O)(=O)c1ccc(S(C)(=O)=O)cc1. The molecule has 0 heterocycles. The molecule has 0 saturated heterocycles. The third kappa shape index (κ3) is 5.05. The van der Waals surface area contributed by atoms with Crippen LogP contribution in [-0.4, -0.2) is 53.7 Å². The van der Waals surface area contributed by atoms with Crippen LogP contribution in [0.25, 0.3) is 0 Å². The summed E-state index contributed by atoms with van der Waals surface area (Å²) in [5, 5.41) is 0. The molecule has 126 valence electrons. The second-order valence-corrected chi connectivity index (χ2v) is 8.95. The van der Waals surface area contributed by atoms with Crippen molar-refractivity contribution in [2.45, 2.75) is 36.6 Å². The molecule has 1 rings (SSSR count). The standard InChI is InChI=1S/C14H24N2O4S2/c1-5-16(6-2)12(3)11-15-22(19,20)14-9-7-13(8-10-14)21(4,17)18/h7-10,12,15H,5-6,11H2,1-4H3/t12-/m1/s1. The van der Waals surface area contributed by atoms with Crippen molar-refractivity contribution in [1.29, 1.82) is 0 Å². The van der Waals surface area contributed by atoms with E-state index in [-0.39, 0.29) is 15.8 Å². The van der Waals surface area contributed by atoms with Crippen molar-refractivity contribution >= 4 is 19.9 Å². The van der Waals surface area contributed by atoms with E-state index >= 15 is 0 Å². The lowest BCUT2D eigenvalue weighted by Gasteiger charge is -2.26. The first-order valence-corrected chi connectivity index (χ1v) is 10.5.